The molecule has 2 aromatic rings. The lowest BCUT2D eigenvalue weighted by molar-refractivity contribution is 0.00831. The van der Waals surface area contributed by atoms with Crippen LogP contribution in [0.5, 0.6) is 0 Å². The van der Waals surface area contributed by atoms with Crippen LogP contribution in [0.1, 0.15) is 31.2 Å². The molecule has 1 aliphatic heterocycles. The van der Waals surface area contributed by atoms with Gasteiger partial charge in [-0.25, -0.2) is 8.78 Å². The number of alkyl halides is 2. The molecule has 0 saturated carbocycles. The van der Waals surface area contributed by atoms with Crippen molar-refractivity contribution in [2.45, 2.75) is 32.1 Å². The van der Waals surface area contributed by atoms with Crippen LogP contribution in [0.4, 0.5) is 14.8 Å². The normalized spacial score (nSPS) is 16.2. The summed E-state index contributed by atoms with van der Waals surface area (Å²) in [5, 5.41) is 4.74. The molecule has 142 valence electrons. The van der Waals surface area contributed by atoms with Gasteiger partial charge in [-0.05, 0) is 37.6 Å². The maximum atomic E-state index is 12.9. The molecule has 0 amide bonds. The van der Waals surface area contributed by atoms with Crippen LogP contribution >= 0.6 is 11.6 Å². The van der Waals surface area contributed by atoms with Crippen molar-refractivity contribution in [3.05, 3.63) is 40.7 Å². The minimum absolute atomic E-state index is 0.0646. The minimum atomic E-state index is -2.58. The summed E-state index contributed by atoms with van der Waals surface area (Å²) in [4.78, 5) is 8.72. The Morgan fingerprint density at radius 1 is 1.15 bits per heavy atom. The zero-order valence-corrected chi connectivity index (χ0v) is 15.6. The summed E-state index contributed by atoms with van der Waals surface area (Å²) in [6, 6.07) is 8.08. The molecular weight excluding hydrogens is 362 g/mol. The Hall–Kier alpha value is -1.73. The molecule has 3 rings (SSSR count). The van der Waals surface area contributed by atoms with Gasteiger partial charge in [0, 0.05) is 44.0 Å². The van der Waals surface area contributed by atoms with Crippen molar-refractivity contribution in [1.82, 2.24) is 15.0 Å². The van der Waals surface area contributed by atoms with Gasteiger partial charge in [0.25, 0.3) is 0 Å². The lowest BCUT2D eigenvalue weighted by atomic mass is 10.1. The lowest BCUT2D eigenvalue weighted by Gasteiger charge is -2.33. The predicted octanol–water partition coefficient (Wildman–Crippen LogP) is 3.87. The van der Waals surface area contributed by atoms with Gasteiger partial charge in [0.15, 0.2) is 5.82 Å². The van der Waals surface area contributed by atoms with Gasteiger partial charge < -0.3 is 9.42 Å². The Bertz CT molecular complexity index is 694. The Labute approximate surface area is 156 Å². The fraction of sp³-hybridized carbons (Fsp3) is 0.556. The van der Waals surface area contributed by atoms with Gasteiger partial charge in [-0.1, -0.05) is 28.9 Å². The van der Waals surface area contributed by atoms with Crippen LogP contribution in [0.3, 0.4) is 0 Å². The number of hydrogen-bond donors (Lipinski definition) is 0. The highest BCUT2D eigenvalue weighted by atomic mass is 35.5. The monoisotopic (exact) mass is 384 g/mol. The van der Waals surface area contributed by atoms with Crippen LogP contribution in [0.15, 0.2) is 28.8 Å². The predicted molar refractivity (Wildman–Crippen MR) is 97.1 cm³/mol. The fourth-order valence-electron chi connectivity index (χ4n) is 3.01. The fourth-order valence-corrected chi connectivity index (χ4v) is 3.13. The average Bonchev–Trinajstić information content (AvgIpc) is 3.05. The maximum absolute atomic E-state index is 12.9. The minimum Gasteiger partial charge on any atom is -0.322 e. The highest BCUT2D eigenvalue weighted by molar-refractivity contribution is 6.30. The van der Waals surface area contributed by atoms with E-state index in [1.54, 1.807) is 0 Å². The second kappa shape index (κ2) is 8.31. The molecule has 0 aliphatic carbocycles. The van der Waals surface area contributed by atoms with Crippen molar-refractivity contribution in [3.63, 3.8) is 0 Å². The zero-order chi connectivity index (χ0) is 18.6. The van der Waals surface area contributed by atoms with Gasteiger partial charge in [0.1, 0.15) is 0 Å². The highest BCUT2D eigenvalue weighted by Gasteiger charge is 2.24. The largest absolute Gasteiger partial charge is 0.324 e. The molecule has 0 spiro atoms. The molecule has 0 N–H and O–H groups in total. The summed E-state index contributed by atoms with van der Waals surface area (Å²) in [6.07, 6.45) is 1.03. The molecule has 1 fully saturated rings. The average molecular weight is 385 g/mol. The summed E-state index contributed by atoms with van der Waals surface area (Å²) < 4.78 is 31.1. The van der Waals surface area contributed by atoms with Crippen molar-refractivity contribution < 1.29 is 13.3 Å². The van der Waals surface area contributed by atoms with Gasteiger partial charge in [-0.3, -0.25) is 4.90 Å². The first-order valence-corrected chi connectivity index (χ1v) is 9.19. The van der Waals surface area contributed by atoms with E-state index >= 15 is 0 Å². The molecule has 5 nitrogen and oxygen atoms in total. The molecule has 0 atom stereocenters. The molecule has 0 unspecified atom stereocenters. The van der Waals surface area contributed by atoms with Crippen molar-refractivity contribution in [1.29, 1.82) is 0 Å². The van der Waals surface area contributed by atoms with Crippen molar-refractivity contribution >= 4 is 17.6 Å². The Morgan fingerprint density at radius 3 is 2.50 bits per heavy atom. The number of anilines is 1. The van der Waals surface area contributed by atoms with E-state index in [1.807, 2.05) is 29.2 Å². The molecule has 1 aromatic heterocycles. The van der Waals surface area contributed by atoms with Crippen LogP contribution in [0, 0.1) is 0 Å². The van der Waals surface area contributed by atoms with Gasteiger partial charge >= 0.3 is 6.01 Å². The van der Waals surface area contributed by atoms with E-state index in [2.05, 4.69) is 15.0 Å². The number of hydrogen-bond acceptors (Lipinski definition) is 5. The first-order valence-electron chi connectivity index (χ1n) is 8.81. The van der Waals surface area contributed by atoms with Gasteiger partial charge in [0.2, 0.25) is 5.92 Å². The highest BCUT2D eigenvalue weighted by Crippen LogP contribution is 2.20. The van der Waals surface area contributed by atoms with Crippen molar-refractivity contribution in [2.24, 2.45) is 0 Å². The van der Waals surface area contributed by atoms with Crippen LogP contribution in [-0.4, -0.2) is 53.7 Å². The van der Waals surface area contributed by atoms with E-state index in [0.717, 1.165) is 38.7 Å². The Balaban J connectivity index is 1.46. The zero-order valence-electron chi connectivity index (χ0n) is 14.8. The summed E-state index contributed by atoms with van der Waals surface area (Å²) in [5.74, 6) is -1.94. The first kappa shape index (κ1) is 19.0. The first-order chi connectivity index (χ1) is 12.4. The van der Waals surface area contributed by atoms with Crippen molar-refractivity contribution in [3.8, 4) is 0 Å². The number of nitrogens with zero attached hydrogens (tertiary/aromatic N) is 4. The summed E-state index contributed by atoms with van der Waals surface area (Å²) in [5.41, 5.74) is 1.07. The number of aromatic nitrogens is 2. The molecule has 1 aromatic carbocycles. The Kier molecular flexibility index (Phi) is 6.09. The molecule has 0 bridgehead atoms. The molecule has 2 heterocycles. The van der Waals surface area contributed by atoms with Gasteiger partial charge in [-0.15, -0.1) is 0 Å². The number of piperazine rings is 1. The van der Waals surface area contributed by atoms with Gasteiger partial charge in [-0.2, -0.15) is 4.98 Å². The SMILES string of the molecule is CC(F)(F)CCCN1CCN(c2nc(Cc3ccc(Cl)cc3)no2)CC1. The quantitative estimate of drug-likeness (QED) is 0.725. The molecular formula is C18H23ClF2N4O. The van der Waals surface area contributed by atoms with Crippen LogP contribution in [0.25, 0.3) is 0 Å². The van der Waals surface area contributed by atoms with E-state index in [0.29, 0.717) is 36.2 Å². The third kappa shape index (κ3) is 5.64. The van der Waals surface area contributed by atoms with E-state index in [4.69, 9.17) is 16.1 Å². The maximum Gasteiger partial charge on any atom is 0.324 e. The van der Waals surface area contributed by atoms with E-state index in [9.17, 15) is 8.78 Å². The molecule has 1 saturated heterocycles. The van der Waals surface area contributed by atoms with Gasteiger partial charge in [0.05, 0.1) is 0 Å². The number of benzene rings is 1. The second-order valence-corrected chi connectivity index (χ2v) is 7.24. The van der Waals surface area contributed by atoms with E-state index < -0.39 is 5.92 Å². The van der Waals surface area contributed by atoms with Crippen LogP contribution < -0.4 is 4.90 Å². The third-order valence-corrected chi connectivity index (χ3v) is 4.72. The number of halogens is 3. The van der Waals surface area contributed by atoms with E-state index in [1.165, 1.54) is 0 Å². The summed E-state index contributed by atoms with van der Waals surface area (Å²) in [6.45, 7) is 4.80. The standard InChI is InChI=1S/C18H23ClF2N4O/c1-18(20,21)7-2-8-24-9-11-25(12-10-24)17-22-16(23-26-17)13-14-3-5-15(19)6-4-14/h3-6H,2,7-13H2,1H3. The summed E-state index contributed by atoms with van der Waals surface area (Å²) in [7, 11) is 0. The molecule has 26 heavy (non-hydrogen) atoms. The molecule has 1 aliphatic rings. The molecule has 0 radical (unpaired) electrons. The number of rotatable bonds is 7. The molecule has 8 heteroatoms. The topological polar surface area (TPSA) is 45.4 Å². The second-order valence-electron chi connectivity index (χ2n) is 6.80. The third-order valence-electron chi connectivity index (χ3n) is 4.47. The lowest BCUT2D eigenvalue weighted by Crippen LogP contribution is -2.46. The van der Waals surface area contributed by atoms with Crippen LogP contribution in [-0.2, 0) is 6.42 Å². The Morgan fingerprint density at radius 2 is 1.85 bits per heavy atom. The van der Waals surface area contributed by atoms with Crippen molar-refractivity contribution in [2.75, 3.05) is 37.6 Å². The smallest absolute Gasteiger partial charge is 0.322 e. The summed E-state index contributed by atoms with van der Waals surface area (Å²) >= 11 is 5.89. The van der Waals surface area contributed by atoms with E-state index in [-0.39, 0.29) is 6.42 Å². The van der Waals surface area contributed by atoms with Crippen LogP contribution in [0.2, 0.25) is 5.02 Å².